The van der Waals surface area contributed by atoms with Crippen LogP contribution in [0.1, 0.15) is 15.9 Å². The largest absolute Gasteiger partial charge is 0.321 e. The highest BCUT2D eigenvalue weighted by Gasteiger charge is 2.41. The topological polar surface area (TPSA) is 115 Å². The van der Waals surface area contributed by atoms with E-state index in [2.05, 4.69) is 26.2 Å². The lowest BCUT2D eigenvalue weighted by molar-refractivity contribution is -0.116. The minimum Gasteiger partial charge on any atom is -0.321 e. The van der Waals surface area contributed by atoms with Crippen molar-refractivity contribution in [1.29, 1.82) is 0 Å². The Balaban J connectivity index is 1.38. The molecule has 3 N–H and O–H groups in total. The fraction of sp³-hybridized carbons (Fsp3) is 0.0690. The summed E-state index contributed by atoms with van der Waals surface area (Å²) in [4.78, 5) is 32.7. The zero-order chi connectivity index (χ0) is 30.2. The highest BCUT2D eigenvalue weighted by atomic mass is 35.5. The van der Waals surface area contributed by atoms with Crippen molar-refractivity contribution in [2.45, 2.75) is 17.1 Å². The van der Waals surface area contributed by atoms with Crippen molar-refractivity contribution in [2.75, 3.05) is 10.3 Å². The van der Waals surface area contributed by atoms with Crippen molar-refractivity contribution in [3.63, 3.8) is 0 Å². The van der Waals surface area contributed by atoms with Gasteiger partial charge in [-0.3, -0.25) is 15.0 Å². The van der Waals surface area contributed by atoms with E-state index in [0.29, 0.717) is 42.9 Å². The van der Waals surface area contributed by atoms with Crippen LogP contribution < -0.4 is 15.8 Å². The van der Waals surface area contributed by atoms with Gasteiger partial charge in [0.1, 0.15) is 27.8 Å². The summed E-state index contributed by atoms with van der Waals surface area (Å²) in [5.41, 5.74) is 6.54. The SMILES string of the molecule is Cc1ccc(Cl)c(N=C2NN(c3c(Cl)cc(Cl)cc3Cl)C(=O)C2Sc2ccccc2NC(=O)c2cccc3n[nH]nc23)c1. The number of thioether (sulfide) groups is 1. The molecule has 0 saturated carbocycles. The molecule has 2 amide bonds. The molecule has 14 heteroatoms. The number of amides is 2. The number of aliphatic imine (C=N–C) groups is 1. The maximum absolute atomic E-state index is 14.0. The molecule has 1 aliphatic rings. The zero-order valence-corrected chi connectivity index (χ0v) is 25.9. The molecule has 4 aromatic carbocycles. The summed E-state index contributed by atoms with van der Waals surface area (Å²) in [7, 11) is 0. The summed E-state index contributed by atoms with van der Waals surface area (Å²) < 4.78 is 0. The molecule has 1 saturated heterocycles. The van der Waals surface area contributed by atoms with Crippen molar-refractivity contribution >= 4 is 104 Å². The number of para-hydroxylation sites is 2. The number of nitrogens with zero attached hydrogens (tertiary/aromatic N) is 4. The monoisotopic (exact) mass is 669 g/mol. The standard InChI is InChI=1S/C29H19Cl4N7O2S/c1-14-9-10-17(31)22(11-14)34-27-26(29(42)40(38-27)25-18(32)12-15(30)13-19(25)33)43-23-8-3-2-6-20(23)35-28(41)16-5-4-7-21-24(16)37-39-36-21/h2-13,26H,1H3,(H,34,38)(H,35,41)(H,36,37,39). The molecular formula is C29H19Cl4N7O2S. The normalized spacial score (nSPS) is 15.7. The van der Waals surface area contributed by atoms with Crippen LogP contribution in [0, 0.1) is 6.92 Å². The lowest BCUT2D eigenvalue weighted by Crippen LogP contribution is -2.36. The molecule has 6 rings (SSSR count). The number of amidine groups is 1. The number of aryl methyl sites for hydroxylation is 1. The van der Waals surface area contributed by atoms with Crippen LogP contribution in [0.25, 0.3) is 11.0 Å². The third-order valence-electron chi connectivity index (χ3n) is 6.44. The van der Waals surface area contributed by atoms with Gasteiger partial charge in [-0.2, -0.15) is 15.4 Å². The summed E-state index contributed by atoms with van der Waals surface area (Å²) in [6.07, 6.45) is 0. The van der Waals surface area contributed by atoms with Crippen molar-refractivity contribution in [1.82, 2.24) is 20.8 Å². The number of carbonyl (C=O) groups excluding carboxylic acids is 2. The van der Waals surface area contributed by atoms with E-state index in [1.807, 2.05) is 25.1 Å². The van der Waals surface area contributed by atoms with E-state index in [0.717, 1.165) is 5.56 Å². The Morgan fingerprint density at radius 1 is 0.953 bits per heavy atom. The first-order valence-electron chi connectivity index (χ1n) is 12.7. The van der Waals surface area contributed by atoms with Gasteiger partial charge >= 0.3 is 0 Å². The van der Waals surface area contributed by atoms with Crippen LogP contribution in [0.4, 0.5) is 17.1 Å². The number of hydrogen-bond acceptors (Lipinski definition) is 6. The van der Waals surface area contributed by atoms with E-state index in [9.17, 15) is 9.59 Å². The van der Waals surface area contributed by atoms with Crippen molar-refractivity contribution < 1.29 is 9.59 Å². The van der Waals surface area contributed by atoms with Crippen LogP contribution in [0.5, 0.6) is 0 Å². The second kappa shape index (κ2) is 12.1. The van der Waals surface area contributed by atoms with Gasteiger partial charge in [-0.05, 0) is 61.0 Å². The molecule has 0 aliphatic carbocycles. The fourth-order valence-corrected chi connectivity index (χ4v) is 6.67. The van der Waals surface area contributed by atoms with Crippen LogP contribution in [0.3, 0.4) is 0 Å². The number of rotatable bonds is 6. The number of aromatic nitrogens is 3. The minimum atomic E-state index is -0.892. The van der Waals surface area contributed by atoms with E-state index in [-0.39, 0.29) is 27.5 Å². The number of aromatic amines is 1. The van der Waals surface area contributed by atoms with E-state index in [1.54, 1.807) is 42.5 Å². The Bertz CT molecular complexity index is 1920. The van der Waals surface area contributed by atoms with Crippen LogP contribution in [-0.2, 0) is 4.79 Å². The number of H-pyrrole nitrogens is 1. The molecule has 0 spiro atoms. The molecule has 9 nitrogen and oxygen atoms in total. The number of halogens is 4. The highest BCUT2D eigenvalue weighted by molar-refractivity contribution is 8.01. The average molecular weight is 671 g/mol. The van der Waals surface area contributed by atoms with Gasteiger partial charge in [0.2, 0.25) is 0 Å². The Morgan fingerprint density at radius 2 is 1.72 bits per heavy atom. The van der Waals surface area contributed by atoms with Crippen LogP contribution in [0.2, 0.25) is 20.1 Å². The second-order valence-electron chi connectivity index (χ2n) is 9.40. The molecule has 1 aromatic heterocycles. The van der Waals surface area contributed by atoms with Crippen LogP contribution in [0.15, 0.2) is 82.7 Å². The maximum atomic E-state index is 14.0. The van der Waals surface area contributed by atoms with Crippen LogP contribution >= 0.6 is 58.2 Å². The number of anilines is 2. The van der Waals surface area contributed by atoms with Gasteiger partial charge in [0.05, 0.1) is 32.0 Å². The van der Waals surface area contributed by atoms with E-state index in [1.165, 1.54) is 28.9 Å². The number of fused-ring (bicyclic) bond motifs is 1. The molecule has 1 fully saturated rings. The smallest absolute Gasteiger partial charge is 0.267 e. The first-order chi connectivity index (χ1) is 20.7. The van der Waals surface area contributed by atoms with E-state index in [4.69, 9.17) is 51.4 Å². The van der Waals surface area contributed by atoms with E-state index >= 15 is 0 Å². The zero-order valence-electron chi connectivity index (χ0n) is 22.0. The minimum absolute atomic E-state index is 0.173. The Hall–Kier alpha value is -3.80. The second-order valence-corrected chi connectivity index (χ2v) is 12.2. The predicted molar refractivity (Wildman–Crippen MR) is 173 cm³/mol. The van der Waals surface area contributed by atoms with Gasteiger partial charge < -0.3 is 5.32 Å². The van der Waals surface area contributed by atoms with Gasteiger partial charge in [-0.1, -0.05) is 70.7 Å². The third-order valence-corrected chi connectivity index (χ3v) is 8.82. The first-order valence-corrected chi connectivity index (χ1v) is 15.0. The Kier molecular flexibility index (Phi) is 8.21. The highest BCUT2D eigenvalue weighted by Crippen LogP contribution is 2.41. The van der Waals surface area contributed by atoms with Gasteiger partial charge in [-0.15, -0.1) is 11.8 Å². The number of carbonyl (C=O) groups is 2. The van der Waals surface area contributed by atoms with Gasteiger partial charge in [0, 0.05) is 9.92 Å². The molecule has 1 unspecified atom stereocenters. The summed E-state index contributed by atoms with van der Waals surface area (Å²) in [6, 6.07) is 20.7. The molecule has 1 aliphatic heterocycles. The van der Waals surface area contributed by atoms with Crippen molar-refractivity contribution in [2.24, 2.45) is 4.99 Å². The quantitative estimate of drug-likeness (QED) is 0.169. The Labute approximate surface area is 269 Å². The fourth-order valence-electron chi connectivity index (χ4n) is 4.45. The van der Waals surface area contributed by atoms with Crippen molar-refractivity contribution in [3.8, 4) is 0 Å². The predicted octanol–water partition coefficient (Wildman–Crippen LogP) is 7.87. The summed E-state index contributed by atoms with van der Waals surface area (Å²) >= 11 is 26.7. The molecule has 216 valence electrons. The molecule has 0 radical (unpaired) electrons. The lowest BCUT2D eigenvalue weighted by Gasteiger charge is -2.19. The molecule has 0 bridgehead atoms. The molecular weight excluding hydrogens is 652 g/mol. The van der Waals surface area contributed by atoms with Crippen LogP contribution in [-0.4, -0.2) is 38.3 Å². The van der Waals surface area contributed by atoms with Crippen molar-refractivity contribution in [3.05, 3.63) is 104 Å². The van der Waals surface area contributed by atoms with Gasteiger partial charge in [0.15, 0.2) is 0 Å². The lowest BCUT2D eigenvalue weighted by atomic mass is 10.1. The Morgan fingerprint density at radius 3 is 2.51 bits per heavy atom. The first kappa shape index (κ1) is 29.3. The molecule has 43 heavy (non-hydrogen) atoms. The number of hydrogen-bond donors (Lipinski definition) is 3. The summed E-state index contributed by atoms with van der Waals surface area (Å²) in [5, 5.41) is 15.1. The number of hydrazine groups is 1. The number of nitrogens with one attached hydrogen (secondary N) is 3. The molecule has 5 aromatic rings. The number of benzene rings is 4. The molecule has 2 heterocycles. The summed E-state index contributed by atoms with van der Waals surface area (Å²) in [5.74, 6) is -0.490. The summed E-state index contributed by atoms with van der Waals surface area (Å²) in [6.45, 7) is 1.91. The van der Waals surface area contributed by atoms with Gasteiger partial charge in [-0.25, -0.2) is 10.0 Å². The third kappa shape index (κ3) is 5.89. The average Bonchev–Trinajstić information content (AvgIpc) is 3.56. The van der Waals surface area contributed by atoms with E-state index < -0.39 is 11.2 Å². The van der Waals surface area contributed by atoms with Gasteiger partial charge in [0.25, 0.3) is 11.8 Å². The maximum Gasteiger partial charge on any atom is 0.267 e. The molecule has 1 atom stereocenters.